The van der Waals surface area contributed by atoms with Gasteiger partial charge >= 0.3 is 0 Å². The molecule has 1 amide bonds. The summed E-state index contributed by atoms with van der Waals surface area (Å²) in [7, 11) is 3.46. The lowest BCUT2D eigenvalue weighted by atomic mass is 10.1. The van der Waals surface area contributed by atoms with Crippen molar-refractivity contribution in [3.05, 3.63) is 78.3 Å². The normalized spacial score (nSPS) is 11.6. The molecule has 33 heavy (non-hydrogen) atoms. The number of carbonyl (C=O) groups is 1. The van der Waals surface area contributed by atoms with Crippen molar-refractivity contribution in [2.75, 3.05) is 12.4 Å². The van der Waals surface area contributed by atoms with Crippen LogP contribution in [0.15, 0.2) is 61.3 Å². The van der Waals surface area contributed by atoms with Crippen LogP contribution in [0.4, 0.5) is 5.69 Å². The fraction of sp³-hybridized carbons (Fsp3) is 0.217. The molecule has 0 aliphatic carbocycles. The van der Waals surface area contributed by atoms with Gasteiger partial charge < -0.3 is 19.9 Å². The Morgan fingerprint density at radius 1 is 1.15 bits per heavy atom. The molecule has 1 aromatic carbocycles. The van der Waals surface area contributed by atoms with Gasteiger partial charge in [-0.05, 0) is 37.3 Å². The summed E-state index contributed by atoms with van der Waals surface area (Å²) >= 11 is 0. The van der Waals surface area contributed by atoms with E-state index in [0.29, 0.717) is 29.4 Å². The maximum atomic E-state index is 12.8. The van der Waals surface area contributed by atoms with Gasteiger partial charge in [-0.15, -0.1) is 10.2 Å². The first-order valence-corrected chi connectivity index (χ1v) is 10.3. The zero-order valence-electron chi connectivity index (χ0n) is 18.6. The molecule has 0 radical (unpaired) electrons. The third-order valence-corrected chi connectivity index (χ3v) is 5.20. The number of pyridine rings is 1. The van der Waals surface area contributed by atoms with Crippen LogP contribution in [0.25, 0.3) is 11.5 Å². The number of nitrogens with zero attached hydrogens (tertiary/aromatic N) is 6. The molecule has 4 rings (SSSR count). The molecule has 0 spiro atoms. The van der Waals surface area contributed by atoms with Gasteiger partial charge in [-0.1, -0.05) is 6.07 Å². The minimum atomic E-state index is -0.245. The van der Waals surface area contributed by atoms with Crippen molar-refractivity contribution in [3.8, 4) is 17.3 Å². The fourth-order valence-corrected chi connectivity index (χ4v) is 3.39. The van der Waals surface area contributed by atoms with Crippen LogP contribution in [0.1, 0.15) is 34.7 Å². The minimum Gasteiger partial charge on any atom is -0.495 e. The highest BCUT2D eigenvalue weighted by Crippen LogP contribution is 2.24. The van der Waals surface area contributed by atoms with E-state index >= 15 is 0 Å². The van der Waals surface area contributed by atoms with Crippen molar-refractivity contribution < 1.29 is 9.53 Å². The van der Waals surface area contributed by atoms with Crippen LogP contribution in [0.5, 0.6) is 5.75 Å². The number of anilines is 1. The standard InChI is InChI=1S/C23H24N8O2/c1-15(18-7-9-24-12-20(18)33-3)28-23(32)16-5-4-6-17(11-16)26-13-21-29-30-22(31(21)2)19-8-10-25-14-27-19/h4-12,14-15,26H,13H2,1-3H3,(H,28,32)/t15-/m1/s1. The Balaban J connectivity index is 1.42. The Morgan fingerprint density at radius 2 is 2.00 bits per heavy atom. The highest BCUT2D eigenvalue weighted by atomic mass is 16.5. The smallest absolute Gasteiger partial charge is 0.251 e. The van der Waals surface area contributed by atoms with Crippen LogP contribution in [0.2, 0.25) is 0 Å². The average molecular weight is 444 g/mol. The van der Waals surface area contributed by atoms with Crippen molar-refractivity contribution in [3.63, 3.8) is 0 Å². The van der Waals surface area contributed by atoms with E-state index in [9.17, 15) is 4.79 Å². The quantitative estimate of drug-likeness (QED) is 0.426. The molecule has 4 aromatic rings. The molecule has 168 valence electrons. The predicted octanol–water partition coefficient (Wildman–Crippen LogP) is 2.78. The van der Waals surface area contributed by atoms with Crippen molar-refractivity contribution in [2.24, 2.45) is 7.05 Å². The van der Waals surface area contributed by atoms with Crippen LogP contribution in [-0.2, 0) is 13.6 Å². The molecule has 0 unspecified atom stereocenters. The highest BCUT2D eigenvalue weighted by molar-refractivity contribution is 5.95. The van der Waals surface area contributed by atoms with Crippen molar-refractivity contribution in [2.45, 2.75) is 19.5 Å². The molecule has 0 saturated carbocycles. The number of carbonyl (C=O) groups excluding carboxylic acids is 1. The molecule has 2 N–H and O–H groups in total. The monoisotopic (exact) mass is 444 g/mol. The first-order chi connectivity index (χ1) is 16.1. The Bertz CT molecular complexity index is 1240. The summed E-state index contributed by atoms with van der Waals surface area (Å²) in [4.78, 5) is 25.0. The second-order valence-electron chi connectivity index (χ2n) is 7.34. The molecule has 0 aliphatic heterocycles. The number of methoxy groups -OCH3 is 1. The summed E-state index contributed by atoms with van der Waals surface area (Å²) in [6, 6.07) is 10.7. The van der Waals surface area contributed by atoms with Crippen molar-refractivity contribution >= 4 is 11.6 Å². The van der Waals surface area contributed by atoms with E-state index in [4.69, 9.17) is 4.74 Å². The van der Waals surface area contributed by atoms with Gasteiger partial charge in [-0.2, -0.15) is 0 Å². The minimum absolute atomic E-state index is 0.185. The lowest BCUT2D eigenvalue weighted by Gasteiger charge is -2.17. The van der Waals surface area contributed by atoms with Gasteiger partial charge in [0.2, 0.25) is 0 Å². The van der Waals surface area contributed by atoms with Crippen LogP contribution in [0.3, 0.4) is 0 Å². The van der Waals surface area contributed by atoms with Crippen LogP contribution in [-0.4, -0.2) is 42.7 Å². The molecule has 0 bridgehead atoms. The number of ether oxygens (including phenoxy) is 1. The molecule has 3 heterocycles. The Kier molecular flexibility index (Phi) is 6.53. The van der Waals surface area contributed by atoms with E-state index in [1.54, 1.807) is 43.9 Å². The lowest BCUT2D eigenvalue weighted by molar-refractivity contribution is 0.0939. The first-order valence-electron chi connectivity index (χ1n) is 10.3. The Labute approximate surface area is 191 Å². The molecular formula is C23H24N8O2. The molecule has 1 atom stereocenters. The fourth-order valence-electron chi connectivity index (χ4n) is 3.39. The Hall–Kier alpha value is -4.34. The third-order valence-electron chi connectivity index (χ3n) is 5.20. The van der Waals surface area contributed by atoms with Gasteiger partial charge in [-0.3, -0.25) is 9.78 Å². The van der Waals surface area contributed by atoms with E-state index in [1.165, 1.54) is 6.33 Å². The Morgan fingerprint density at radius 3 is 2.79 bits per heavy atom. The largest absolute Gasteiger partial charge is 0.495 e. The molecular weight excluding hydrogens is 420 g/mol. The van der Waals surface area contributed by atoms with Gasteiger partial charge in [0.05, 0.1) is 25.9 Å². The number of hydrogen-bond donors (Lipinski definition) is 2. The summed E-state index contributed by atoms with van der Waals surface area (Å²) in [5, 5.41) is 14.8. The van der Waals surface area contributed by atoms with Crippen LogP contribution < -0.4 is 15.4 Å². The van der Waals surface area contributed by atoms with E-state index in [2.05, 4.69) is 35.8 Å². The maximum absolute atomic E-state index is 12.8. The summed E-state index contributed by atoms with van der Waals surface area (Å²) in [5.74, 6) is 1.83. The summed E-state index contributed by atoms with van der Waals surface area (Å²) in [6.45, 7) is 2.34. The van der Waals surface area contributed by atoms with E-state index in [0.717, 1.165) is 17.1 Å². The zero-order chi connectivity index (χ0) is 23.2. The molecule has 3 aromatic heterocycles. The highest BCUT2D eigenvalue weighted by Gasteiger charge is 2.16. The van der Waals surface area contributed by atoms with Gasteiger partial charge in [0.15, 0.2) is 11.6 Å². The second-order valence-corrected chi connectivity index (χ2v) is 7.34. The molecule has 0 aliphatic rings. The first kappa shape index (κ1) is 21.9. The van der Waals surface area contributed by atoms with E-state index in [1.807, 2.05) is 36.7 Å². The lowest BCUT2D eigenvalue weighted by Crippen LogP contribution is -2.27. The number of nitrogens with one attached hydrogen (secondary N) is 2. The zero-order valence-corrected chi connectivity index (χ0v) is 18.6. The van der Waals surface area contributed by atoms with Gasteiger partial charge in [0.25, 0.3) is 5.91 Å². The van der Waals surface area contributed by atoms with Crippen molar-refractivity contribution in [1.82, 2.24) is 35.0 Å². The van der Waals surface area contributed by atoms with Gasteiger partial charge in [-0.25, -0.2) is 9.97 Å². The maximum Gasteiger partial charge on any atom is 0.251 e. The number of hydrogen-bond acceptors (Lipinski definition) is 8. The number of benzene rings is 1. The summed E-state index contributed by atoms with van der Waals surface area (Å²) in [5.41, 5.74) is 2.89. The topological polar surface area (TPSA) is 120 Å². The van der Waals surface area contributed by atoms with E-state index in [-0.39, 0.29) is 11.9 Å². The van der Waals surface area contributed by atoms with Crippen LogP contribution in [0, 0.1) is 0 Å². The third kappa shape index (κ3) is 4.95. The molecule has 0 saturated heterocycles. The van der Waals surface area contributed by atoms with Gasteiger partial charge in [0, 0.05) is 36.3 Å². The van der Waals surface area contributed by atoms with Crippen molar-refractivity contribution in [1.29, 1.82) is 0 Å². The second kappa shape index (κ2) is 9.86. The number of amides is 1. The number of aromatic nitrogens is 6. The number of rotatable bonds is 8. The van der Waals surface area contributed by atoms with E-state index < -0.39 is 0 Å². The van der Waals surface area contributed by atoms with Gasteiger partial charge in [0.1, 0.15) is 17.8 Å². The average Bonchev–Trinajstić information content (AvgIpc) is 3.23. The summed E-state index contributed by atoms with van der Waals surface area (Å²) < 4.78 is 7.21. The molecule has 10 heteroatoms. The predicted molar refractivity (Wildman–Crippen MR) is 122 cm³/mol. The molecule has 0 fully saturated rings. The summed E-state index contributed by atoms with van der Waals surface area (Å²) in [6.07, 6.45) is 6.44. The molecule has 10 nitrogen and oxygen atoms in total. The van der Waals surface area contributed by atoms with Crippen LogP contribution >= 0.6 is 0 Å². The SMILES string of the molecule is COc1cnccc1[C@@H](C)NC(=O)c1cccc(NCc2nnc(-c3ccncn3)n2C)c1.